The molecule has 7 heteroatoms. The van der Waals surface area contributed by atoms with Crippen LogP contribution in [0.3, 0.4) is 0 Å². The average molecular weight is 350 g/mol. The van der Waals surface area contributed by atoms with Crippen LogP contribution in [0.2, 0.25) is 5.02 Å². The minimum Gasteiger partial charge on any atom is -0.340 e. The summed E-state index contributed by atoms with van der Waals surface area (Å²) in [4.78, 5) is 20.4. The normalized spacial score (nSPS) is 9.92. The Kier molecular flexibility index (Phi) is 4.88. The number of nitriles is 1. The molecule has 2 aromatic carbocycles. The zero-order chi connectivity index (χ0) is 17.6. The lowest BCUT2D eigenvalue weighted by atomic mass is 10.2. The summed E-state index contributed by atoms with van der Waals surface area (Å²) in [6.07, 6.45) is 1.31. The fraction of sp³-hybridized carbons (Fsp3) is 0. The third-order valence-corrected chi connectivity index (χ3v) is 3.50. The summed E-state index contributed by atoms with van der Waals surface area (Å²) in [5.41, 5.74) is 2.06. The number of aromatic nitrogens is 2. The second kappa shape index (κ2) is 7.43. The van der Waals surface area contributed by atoms with Crippen molar-refractivity contribution in [1.29, 1.82) is 5.26 Å². The molecule has 0 fully saturated rings. The highest BCUT2D eigenvalue weighted by molar-refractivity contribution is 6.30. The van der Waals surface area contributed by atoms with E-state index in [2.05, 4.69) is 20.6 Å². The third-order valence-electron chi connectivity index (χ3n) is 3.27. The number of benzene rings is 2. The molecule has 0 aliphatic rings. The van der Waals surface area contributed by atoms with Crippen LogP contribution in [-0.2, 0) is 0 Å². The molecule has 0 radical (unpaired) electrons. The van der Waals surface area contributed by atoms with E-state index in [0.717, 1.165) is 5.69 Å². The van der Waals surface area contributed by atoms with Crippen LogP contribution in [0.5, 0.6) is 0 Å². The van der Waals surface area contributed by atoms with Crippen LogP contribution >= 0.6 is 11.6 Å². The van der Waals surface area contributed by atoms with E-state index < -0.39 is 0 Å². The zero-order valence-electron chi connectivity index (χ0n) is 12.9. The van der Waals surface area contributed by atoms with Gasteiger partial charge in [0.2, 0.25) is 0 Å². The number of amides is 1. The van der Waals surface area contributed by atoms with Gasteiger partial charge in [-0.3, -0.25) is 4.79 Å². The van der Waals surface area contributed by atoms with Gasteiger partial charge in [-0.15, -0.1) is 0 Å². The van der Waals surface area contributed by atoms with E-state index in [1.165, 1.54) is 6.33 Å². The van der Waals surface area contributed by atoms with Crippen LogP contribution in [0.15, 0.2) is 60.9 Å². The molecule has 0 aliphatic carbocycles. The molecule has 3 rings (SSSR count). The Bertz CT molecular complexity index is 950. The van der Waals surface area contributed by atoms with Gasteiger partial charge in [0, 0.05) is 22.5 Å². The fourth-order valence-corrected chi connectivity index (χ4v) is 2.28. The minimum absolute atomic E-state index is 0.212. The Morgan fingerprint density at radius 3 is 2.56 bits per heavy atom. The molecule has 122 valence electrons. The number of rotatable bonds is 4. The molecule has 1 amide bonds. The predicted octanol–water partition coefficient (Wildman–Crippen LogP) is 4.00. The van der Waals surface area contributed by atoms with Gasteiger partial charge >= 0.3 is 0 Å². The van der Waals surface area contributed by atoms with Crippen molar-refractivity contribution in [1.82, 2.24) is 9.97 Å². The standard InChI is InChI=1S/C18H12ClN5O/c19-13-2-1-3-15(8-13)23-17-9-16(21-11-22-17)18(25)24-14-6-4-12(10-20)5-7-14/h1-9,11H,(H,24,25)(H,21,22,23). The predicted molar refractivity (Wildman–Crippen MR) is 95.9 cm³/mol. The number of halogens is 1. The van der Waals surface area contributed by atoms with Crippen molar-refractivity contribution in [3.05, 3.63) is 77.2 Å². The molecule has 3 aromatic rings. The van der Waals surface area contributed by atoms with Crippen molar-refractivity contribution in [3.63, 3.8) is 0 Å². The molecule has 1 heterocycles. The smallest absolute Gasteiger partial charge is 0.274 e. The van der Waals surface area contributed by atoms with Crippen LogP contribution < -0.4 is 10.6 Å². The van der Waals surface area contributed by atoms with Crippen LogP contribution in [0.1, 0.15) is 16.1 Å². The lowest BCUT2D eigenvalue weighted by Gasteiger charge is -2.08. The van der Waals surface area contributed by atoms with Gasteiger partial charge in [0.1, 0.15) is 17.8 Å². The highest BCUT2D eigenvalue weighted by Crippen LogP contribution is 2.19. The SMILES string of the molecule is N#Cc1ccc(NC(=O)c2cc(Nc3cccc(Cl)c3)ncn2)cc1. The van der Waals surface area contributed by atoms with Crippen molar-refractivity contribution < 1.29 is 4.79 Å². The first kappa shape index (κ1) is 16.4. The van der Waals surface area contributed by atoms with Gasteiger partial charge in [0.15, 0.2) is 0 Å². The van der Waals surface area contributed by atoms with Crippen LogP contribution in [0.4, 0.5) is 17.2 Å². The van der Waals surface area contributed by atoms with Crippen molar-refractivity contribution in [2.75, 3.05) is 10.6 Å². The molecule has 0 spiro atoms. The molecular weight excluding hydrogens is 338 g/mol. The Labute approximate surface area is 149 Å². The van der Waals surface area contributed by atoms with Gasteiger partial charge in [-0.2, -0.15) is 5.26 Å². The van der Waals surface area contributed by atoms with Crippen molar-refractivity contribution in [2.24, 2.45) is 0 Å². The van der Waals surface area contributed by atoms with E-state index in [-0.39, 0.29) is 11.6 Å². The van der Waals surface area contributed by atoms with Crippen LogP contribution in [0, 0.1) is 11.3 Å². The molecule has 1 aromatic heterocycles. The molecule has 0 saturated carbocycles. The molecule has 0 saturated heterocycles. The number of carbonyl (C=O) groups excluding carboxylic acids is 1. The quantitative estimate of drug-likeness (QED) is 0.743. The molecule has 0 bridgehead atoms. The van der Waals surface area contributed by atoms with E-state index >= 15 is 0 Å². The second-order valence-corrected chi connectivity index (χ2v) is 5.50. The van der Waals surface area contributed by atoms with Crippen molar-refractivity contribution in [2.45, 2.75) is 0 Å². The molecule has 0 aliphatic heterocycles. The number of hydrogen-bond donors (Lipinski definition) is 2. The third kappa shape index (κ3) is 4.31. The first-order valence-corrected chi connectivity index (χ1v) is 7.68. The lowest BCUT2D eigenvalue weighted by Crippen LogP contribution is -2.14. The highest BCUT2D eigenvalue weighted by Gasteiger charge is 2.09. The molecule has 25 heavy (non-hydrogen) atoms. The monoisotopic (exact) mass is 349 g/mol. The maximum atomic E-state index is 12.3. The van der Waals surface area contributed by atoms with Crippen molar-refractivity contribution in [3.8, 4) is 6.07 Å². The van der Waals surface area contributed by atoms with E-state index in [0.29, 0.717) is 22.1 Å². The van der Waals surface area contributed by atoms with Gasteiger partial charge in [-0.05, 0) is 42.5 Å². The van der Waals surface area contributed by atoms with Gasteiger partial charge < -0.3 is 10.6 Å². The number of anilines is 3. The van der Waals surface area contributed by atoms with E-state index in [1.807, 2.05) is 18.2 Å². The van der Waals surface area contributed by atoms with Gasteiger partial charge in [-0.1, -0.05) is 17.7 Å². The van der Waals surface area contributed by atoms with E-state index in [9.17, 15) is 4.79 Å². The van der Waals surface area contributed by atoms with Gasteiger partial charge in [0.25, 0.3) is 5.91 Å². The van der Waals surface area contributed by atoms with Crippen LogP contribution in [-0.4, -0.2) is 15.9 Å². The first-order valence-electron chi connectivity index (χ1n) is 7.30. The Morgan fingerprint density at radius 2 is 1.84 bits per heavy atom. The molecule has 0 atom stereocenters. The molecule has 6 nitrogen and oxygen atoms in total. The number of hydrogen-bond acceptors (Lipinski definition) is 5. The highest BCUT2D eigenvalue weighted by atomic mass is 35.5. The maximum absolute atomic E-state index is 12.3. The molecule has 0 unspecified atom stereocenters. The fourth-order valence-electron chi connectivity index (χ4n) is 2.09. The van der Waals surface area contributed by atoms with Gasteiger partial charge in [-0.25, -0.2) is 9.97 Å². The average Bonchev–Trinajstić information content (AvgIpc) is 2.62. The lowest BCUT2D eigenvalue weighted by molar-refractivity contribution is 0.102. The summed E-state index contributed by atoms with van der Waals surface area (Å²) >= 11 is 5.95. The number of nitrogens with zero attached hydrogens (tertiary/aromatic N) is 3. The van der Waals surface area contributed by atoms with Crippen LogP contribution in [0.25, 0.3) is 0 Å². The summed E-state index contributed by atoms with van der Waals surface area (Å²) < 4.78 is 0. The Balaban J connectivity index is 1.73. The topological polar surface area (TPSA) is 90.7 Å². The summed E-state index contributed by atoms with van der Waals surface area (Å²) in [6.45, 7) is 0. The first-order chi connectivity index (χ1) is 12.1. The minimum atomic E-state index is -0.374. The molecule has 2 N–H and O–H groups in total. The van der Waals surface area contributed by atoms with Crippen molar-refractivity contribution >= 4 is 34.7 Å². The van der Waals surface area contributed by atoms with Gasteiger partial charge in [0.05, 0.1) is 11.6 Å². The largest absolute Gasteiger partial charge is 0.340 e. The van der Waals surface area contributed by atoms with E-state index in [1.54, 1.807) is 42.5 Å². The Morgan fingerprint density at radius 1 is 1.04 bits per heavy atom. The summed E-state index contributed by atoms with van der Waals surface area (Å²) in [5, 5.41) is 15.2. The maximum Gasteiger partial charge on any atom is 0.274 e. The Hall–Kier alpha value is -3.43. The molecular formula is C18H12ClN5O. The van der Waals surface area contributed by atoms with E-state index in [4.69, 9.17) is 16.9 Å². The summed E-state index contributed by atoms with van der Waals surface area (Å²) in [5.74, 6) is 0.100. The zero-order valence-corrected chi connectivity index (χ0v) is 13.7. The summed E-state index contributed by atoms with van der Waals surface area (Å²) in [7, 11) is 0. The second-order valence-electron chi connectivity index (χ2n) is 5.07. The summed E-state index contributed by atoms with van der Waals surface area (Å²) in [6, 6.07) is 17.3. The number of carbonyl (C=O) groups is 1. The number of nitrogens with one attached hydrogen (secondary N) is 2.